The monoisotopic (exact) mass is 353 g/mol. The van der Waals surface area contributed by atoms with Gasteiger partial charge in [0.1, 0.15) is 5.01 Å². The number of nitrogens with zero attached hydrogens (tertiary/aromatic N) is 4. The summed E-state index contributed by atoms with van der Waals surface area (Å²) in [7, 11) is 0. The lowest BCUT2D eigenvalue weighted by Crippen LogP contribution is -2.44. The van der Waals surface area contributed by atoms with Gasteiger partial charge in [-0.1, -0.05) is 5.16 Å². The van der Waals surface area contributed by atoms with Crippen LogP contribution < -0.4 is 5.32 Å². The van der Waals surface area contributed by atoms with Crippen LogP contribution in [-0.2, 0) is 12.3 Å². The first-order chi connectivity index (χ1) is 11.3. The van der Waals surface area contributed by atoms with Crippen LogP contribution >= 0.6 is 23.1 Å². The van der Waals surface area contributed by atoms with Crippen molar-refractivity contribution in [3.05, 3.63) is 28.3 Å². The molecule has 0 bridgehead atoms. The summed E-state index contributed by atoms with van der Waals surface area (Å²) in [6.07, 6.45) is 6.87. The molecule has 1 aliphatic heterocycles. The molecule has 0 unspecified atom stereocenters. The molecular weight excluding hydrogens is 334 g/mol. The number of hydrogen-bond acceptors (Lipinski definition) is 7. The zero-order valence-corrected chi connectivity index (χ0v) is 14.5. The molecule has 124 valence electrons. The van der Waals surface area contributed by atoms with E-state index in [2.05, 4.69) is 20.4 Å². The van der Waals surface area contributed by atoms with E-state index >= 15 is 0 Å². The van der Waals surface area contributed by atoms with Gasteiger partial charge in [-0.05, 0) is 25.5 Å². The Bertz CT molecular complexity index is 631. The number of hydrogen-bond donors (Lipinski definition) is 1. The molecular formula is C14H19N5O2S2. The smallest absolute Gasteiger partial charge is 0.318 e. The van der Waals surface area contributed by atoms with Crippen LogP contribution in [0.15, 0.2) is 16.1 Å². The molecule has 1 fully saturated rings. The van der Waals surface area contributed by atoms with E-state index in [0.717, 1.165) is 30.8 Å². The Morgan fingerprint density at radius 3 is 3.26 bits per heavy atom. The van der Waals surface area contributed by atoms with E-state index in [1.54, 1.807) is 29.3 Å². The summed E-state index contributed by atoms with van der Waals surface area (Å²) in [4.78, 5) is 23.0. The maximum absolute atomic E-state index is 12.5. The lowest BCUT2D eigenvalue weighted by Gasteiger charge is -2.34. The van der Waals surface area contributed by atoms with Crippen molar-refractivity contribution in [2.24, 2.45) is 0 Å². The molecule has 9 heteroatoms. The molecule has 1 N–H and O–H groups in total. The zero-order chi connectivity index (χ0) is 16.1. The number of piperidine rings is 1. The van der Waals surface area contributed by atoms with Gasteiger partial charge in [-0.2, -0.15) is 16.7 Å². The van der Waals surface area contributed by atoms with Crippen molar-refractivity contribution in [2.75, 3.05) is 12.8 Å². The minimum Gasteiger partial charge on any atom is -0.337 e. The Morgan fingerprint density at radius 1 is 1.57 bits per heavy atom. The van der Waals surface area contributed by atoms with Crippen molar-refractivity contribution in [1.82, 2.24) is 25.3 Å². The second-order valence-corrected chi connectivity index (χ2v) is 7.06. The highest BCUT2D eigenvalue weighted by Gasteiger charge is 2.29. The predicted molar refractivity (Wildman–Crippen MR) is 89.2 cm³/mol. The van der Waals surface area contributed by atoms with Crippen LogP contribution in [0.4, 0.5) is 4.79 Å². The fourth-order valence-electron chi connectivity index (χ4n) is 2.63. The molecule has 2 aromatic heterocycles. The quantitative estimate of drug-likeness (QED) is 0.890. The summed E-state index contributed by atoms with van der Waals surface area (Å²) in [5, 5.41) is 9.70. The summed E-state index contributed by atoms with van der Waals surface area (Å²) in [6.45, 7) is 0.999. The first-order valence-corrected chi connectivity index (χ1v) is 9.79. The van der Waals surface area contributed by atoms with Crippen LogP contribution in [-0.4, -0.2) is 38.9 Å². The Kier molecular flexibility index (Phi) is 5.50. The second-order valence-electron chi connectivity index (χ2n) is 5.27. The Labute approximate surface area is 142 Å². The number of aromatic nitrogens is 3. The number of thiazole rings is 1. The molecule has 0 spiro atoms. The topological polar surface area (TPSA) is 84.2 Å². The molecule has 0 saturated carbocycles. The van der Waals surface area contributed by atoms with Crippen LogP contribution in [0.25, 0.3) is 0 Å². The van der Waals surface area contributed by atoms with Gasteiger partial charge in [0.2, 0.25) is 5.89 Å². The van der Waals surface area contributed by atoms with Gasteiger partial charge in [-0.25, -0.2) is 9.78 Å². The standard InChI is InChI=1S/C14H19N5O2S2/c1-22-9-11-17-12(21-18-11)8-16-14(20)19-6-3-2-4-10(19)13-15-5-7-23-13/h5,7,10H,2-4,6,8-9H2,1H3,(H,16,20)/t10-/m1/s1. The predicted octanol–water partition coefficient (Wildman–Crippen LogP) is 2.83. The van der Waals surface area contributed by atoms with Gasteiger partial charge in [0.15, 0.2) is 5.82 Å². The molecule has 0 aliphatic carbocycles. The molecule has 23 heavy (non-hydrogen) atoms. The largest absolute Gasteiger partial charge is 0.337 e. The number of carbonyl (C=O) groups is 1. The molecule has 7 nitrogen and oxygen atoms in total. The number of rotatable bonds is 5. The first kappa shape index (κ1) is 16.3. The first-order valence-electron chi connectivity index (χ1n) is 7.52. The van der Waals surface area contributed by atoms with Gasteiger partial charge in [0, 0.05) is 18.1 Å². The van der Waals surface area contributed by atoms with E-state index in [4.69, 9.17) is 4.52 Å². The zero-order valence-electron chi connectivity index (χ0n) is 12.9. The normalized spacial score (nSPS) is 18.1. The van der Waals surface area contributed by atoms with Crippen LogP contribution in [0.3, 0.4) is 0 Å². The maximum Gasteiger partial charge on any atom is 0.318 e. The molecule has 1 aliphatic rings. The summed E-state index contributed by atoms with van der Waals surface area (Å²) < 4.78 is 5.14. The van der Waals surface area contributed by atoms with E-state index in [0.29, 0.717) is 17.5 Å². The lowest BCUT2D eigenvalue weighted by atomic mass is 10.0. The molecule has 0 aromatic carbocycles. The van der Waals surface area contributed by atoms with Gasteiger partial charge in [0.05, 0.1) is 18.3 Å². The summed E-state index contributed by atoms with van der Waals surface area (Å²) in [6, 6.07) is -0.0343. The highest BCUT2D eigenvalue weighted by molar-refractivity contribution is 7.97. The van der Waals surface area contributed by atoms with Crippen LogP contribution in [0, 0.1) is 0 Å². The molecule has 3 heterocycles. The fourth-order valence-corrected chi connectivity index (χ4v) is 3.79. The third kappa shape index (κ3) is 4.03. The Morgan fingerprint density at radius 2 is 2.48 bits per heavy atom. The average Bonchev–Trinajstić information content (AvgIpc) is 3.25. The molecule has 2 aromatic rings. The van der Waals surface area contributed by atoms with Gasteiger partial charge in [-0.3, -0.25) is 0 Å². The molecule has 1 saturated heterocycles. The third-order valence-electron chi connectivity index (χ3n) is 3.67. The molecule has 3 rings (SSSR count). The van der Waals surface area contributed by atoms with Crippen molar-refractivity contribution < 1.29 is 9.32 Å². The average molecular weight is 353 g/mol. The number of likely N-dealkylation sites (tertiary alicyclic amines) is 1. The van der Waals surface area contributed by atoms with Gasteiger partial charge < -0.3 is 14.7 Å². The second kappa shape index (κ2) is 7.78. The van der Waals surface area contributed by atoms with Crippen molar-refractivity contribution >= 4 is 29.1 Å². The van der Waals surface area contributed by atoms with Crippen molar-refractivity contribution in [2.45, 2.75) is 37.6 Å². The molecule has 1 atom stereocenters. The van der Waals surface area contributed by atoms with Crippen LogP contribution in [0.2, 0.25) is 0 Å². The number of nitrogens with one attached hydrogen (secondary N) is 1. The molecule has 0 radical (unpaired) electrons. The number of carbonyl (C=O) groups excluding carboxylic acids is 1. The Balaban J connectivity index is 1.59. The third-order valence-corrected chi connectivity index (χ3v) is 5.10. The lowest BCUT2D eigenvalue weighted by molar-refractivity contribution is 0.150. The van der Waals surface area contributed by atoms with Gasteiger partial charge >= 0.3 is 6.03 Å². The van der Waals surface area contributed by atoms with Crippen LogP contribution in [0.5, 0.6) is 0 Å². The minimum atomic E-state index is -0.102. The van der Waals surface area contributed by atoms with Crippen molar-refractivity contribution in [3.63, 3.8) is 0 Å². The summed E-state index contributed by atoms with van der Waals surface area (Å²) in [5.74, 6) is 1.79. The van der Waals surface area contributed by atoms with Gasteiger partial charge in [0.25, 0.3) is 0 Å². The number of urea groups is 1. The van der Waals surface area contributed by atoms with E-state index < -0.39 is 0 Å². The van der Waals surface area contributed by atoms with Crippen LogP contribution in [0.1, 0.15) is 42.0 Å². The highest BCUT2D eigenvalue weighted by Crippen LogP contribution is 2.31. The van der Waals surface area contributed by atoms with E-state index in [-0.39, 0.29) is 18.6 Å². The van der Waals surface area contributed by atoms with E-state index in [1.165, 1.54) is 0 Å². The number of amides is 2. The summed E-state index contributed by atoms with van der Waals surface area (Å²) >= 11 is 3.23. The molecule has 2 amide bonds. The fraction of sp³-hybridized carbons (Fsp3) is 0.571. The minimum absolute atomic E-state index is 0.0680. The number of thioether (sulfide) groups is 1. The van der Waals surface area contributed by atoms with Gasteiger partial charge in [-0.15, -0.1) is 11.3 Å². The van der Waals surface area contributed by atoms with E-state index in [9.17, 15) is 4.79 Å². The van der Waals surface area contributed by atoms with E-state index in [1.807, 2.05) is 16.5 Å². The SMILES string of the molecule is CSCc1noc(CNC(=O)N2CCCC[C@@H]2c2nccs2)n1. The van der Waals surface area contributed by atoms with Crippen molar-refractivity contribution in [1.29, 1.82) is 0 Å². The Hall–Kier alpha value is -1.61. The van der Waals surface area contributed by atoms with Crippen molar-refractivity contribution in [3.8, 4) is 0 Å². The summed E-state index contributed by atoms with van der Waals surface area (Å²) in [5.41, 5.74) is 0. The highest BCUT2D eigenvalue weighted by atomic mass is 32.2. The maximum atomic E-state index is 12.5.